The van der Waals surface area contributed by atoms with Crippen LogP contribution in [0.4, 0.5) is 5.69 Å². The van der Waals surface area contributed by atoms with Crippen molar-refractivity contribution in [2.24, 2.45) is 5.14 Å². The summed E-state index contributed by atoms with van der Waals surface area (Å²) in [6, 6.07) is 7.78. The minimum absolute atomic E-state index is 0.00814. The van der Waals surface area contributed by atoms with Crippen molar-refractivity contribution in [1.82, 2.24) is 4.98 Å². The Kier molecular flexibility index (Phi) is 4.06. The number of hydrogen-bond acceptors (Lipinski definition) is 4. The predicted molar refractivity (Wildman–Crippen MR) is 79.5 cm³/mol. The monoisotopic (exact) mass is 305 g/mol. The highest BCUT2D eigenvalue weighted by Gasteiger charge is 2.15. The molecule has 0 fully saturated rings. The second-order valence-electron chi connectivity index (χ2n) is 4.61. The third-order valence-electron chi connectivity index (χ3n) is 3.00. The summed E-state index contributed by atoms with van der Waals surface area (Å²) in [6.45, 7) is 3.37. The van der Waals surface area contributed by atoms with Gasteiger partial charge in [-0.15, -0.1) is 0 Å². The molecule has 0 unspecified atom stereocenters. The zero-order valence-electron chi connectivity index (χ0n) is 11.6. The number of nitrogens with one attached hydrogen (secondary N) is 1. The number of aryl methyl sites for hydroxylation is 1. The third-order valence-corrected chi connectivity index (χ3v) is 4.05. The molecule has 0 aliphatic heterocycles. The molecule has 3 N–H and O–H groups in total. The number of carbonyl (C=O) groups excluding carboxylic acids is 1. The maximum absolute atomic E-state index is 12.2. The van der Waals surface area contributed by atoms with Crippen molar-refractivity contribution in [3.8, 4) is 0 Å². The van der Waals surface area contributed by atoms with Gasteiger partial charge in [-0.1, -0.05) is 6.07 Å². The van der Waals surface area contributed by atoms with Crippen LogP contribution >= 0.6 is 0 Å². The average Bonchev–Trinajstić information content (AvgIpc) is 2.39. The Bertz CT molecular complexity index is 801. The molecule has 2 rings (SSSR count). The van der Waals surface area contributed by atoms with Crippen LogP contribution < -0.4 is 10.5 Å². The molecule has 6 nitrogen and oxygen atoms in total. The maximum atomic E-state index is 12.2. The van der Waals surface area contributed by atoms with Crippen molar-refractivity contribution < 1.29 is 13.2 Å². The van der Waals surface area contributed by atoms with Crippen LogP contribution in [0.2, 0.25) is 0 Å². The molecule has 21 heavy (non-hydrogen) atoms. The molecular formula is C14H15N3O3S. The van der Waals surface area contributed by atoms with E-state index in [0.717, 1.165) is 5.69 Å². The Labute approximate surface area is 123 Å². The number of anilines is 1. The van der Waals surface area contributed by atoms with Gasteiger partial charge in [-0.05, 0) is 43.7 Å². The highest BCUT2D eigenvalue weighted by molar-refractivity contribution is 7.89. The molecule has 0 radical (unpaired) electrons. The lowest BCUT2D eigenvalue weighted by Crippen LogP contribution is -2.17. The molecule has 0 atom stereocenters. The Balaban J connectivity index is 2.35. The Morgan fingerprint density at radius 3 is 2.57 bits per heavy atom. The summed E-state index contributed by atoms with van der Waals surface area (Å²) in [5.74, 6) is -0.338. The van der Waals surface area contributed by atoms with Gasteiger partial charge in [0, 0.05) is 23.1 Å². The first-order valence-corrected chi connectivity index (χ1v) is 7.70. The molecular weight excluding hydrogens is 290 g/mol. The van der Waals surface area contributed by atoms with Gasteiger partial charge in [0.2, 0.25) is 10.0 Å². The standard InChI is InChI=1S/C14H15N3O3S/c1-9-8-11(6-7-16-9)14(18)17-12-4-3-5-13(10(12)2)21(15,19)20/h3-8H,1-2H3,(H,17,18)(H2,15,19,20). The lowest BCUT2D eigenvalue weighted by atomic mass is 10.1. The van der Waals surface area contributed by atoms with Gasteiger partial charge in [-0.3, -0.25) is 9.78 Å². The first-order valence-electron chi connectivity index (χ1n) is 6.15. The van der Waals surface area contributed by atoms with Crippen molar-refractivity contribution in [2.45, 2.75) is 18.7 Å². The van der Waals surface area contributed by atoms with Crippen LogP contribution in [0.25, 0.3) is 0 Å². The van der Waals surface area contributed by atoms with E-state index in [9.17, 15) is 13.2 Å². The summed E-state index contributed by atoms with van der Waals surface area (Å²) in [5.41, 5.74) is 1.97. The van der Waals surface area contributed by atoms with Gasteiger partial charge in [0.05, 0.1) is 4.90 Å². The van der Waals surface area contributed by atoms with Crippen LogP contribution in [0.5, 0.6) is 0 Å². The molecule has 1 aromatic carbocycles. The van der Waals surface area contributed by atoms with E-state index in [2.05, 4.69) is 10.3 Å². The number of primary sulfonamides is 1. The van der Waals surface area contributed by atoms with Crippen molar-refractivity contribution in [3.05, 3.63) is 53.3 Å². The Morgan fingerprint density at radius 1 is 1.24 bits per heavy atom. The largest absolute Gasteiger partial charge is 0.322 e. The summed E-state index contributed by atoms with van der Waals surface area (Å²) in [4.78, 5) is 16.2. The second-order valence-corrected chi connectivity index (χ2v) is 6.14. The fourth-order valence-electron chi connectivity index (χ4n) is 1.94. The minimum atomic E-state index is -3.82. The fourth-order valence-corrected chi connectivity index (χ4v) is 2.74. The number of amides is 1. The van der Waals surface area contributed by atoms with Crippen LogP contribution in [-0.2, 0) is 10.0 Å². The first kappa shape index (κ1) is 15.1. The smallest absolute Gasteiger partial charge is 0.255 e. The van der Waals surface area contributed by atoms with Crippen molar-refractivity contribution >= 4 is 21.6 Å². The minimum Gasteiger partial charge on any atom is -0.322 e. The van der Waals surface area contributed by atoms with Crippen LogP contribution in [0, 0.1) is 13.8 Å². The molecule has 110 valence electrons. The van der Waals surface area contributed by atoms with Gasteiger partial charge in [0.25, 0.3) is 5.91 Å². The molecule has 0 spiro atoms. The van der Waals surface area contributed by atoms with Crippen LogP contribution in [-0.4, -0.2) is 19.3 Å². The molecule has 1 amide bonds. The van der Waals surface area contributed by atoms with E-state index < -0.39 is 10.0 Å². The highest BCUT2D eigenvalue weighted by atomic mass is 32.2. The third kappa shape index (κ3) is 3.45. The molecule has 0 aliphatic rings. The average molecular weight is 305 g/mol. The van der Waals surface area contributed by atoms with E-state index in [4.69, 9.17) is 5.14 Å². The zero-order chi connectivity index (χ0) is 15.6. The molecule has 1 aromatic heterocycles. The van der Waals surface area contributed by atoms with E-state index in [1.54, 1.807) is 32.0 Å². The van der Waals surface area contributed by atoms with Gasteiger partial charge in [0.15, 0.2) is 0 Å². The number of pyridine rings is 1. The SMILES string of the molecule is Cc1cc(C(=O)Nc2cccc(S(N)(=O)=O)c2C)ccn1. The van der Waals surface area contributed by atoms with E-state index in [1.807, 2.05) is 0 Å². The van der Waals surface area contributed by atoms with Crippen molar-refractivity contribution in [2.75, 3.05) is 5.32 Å². The van der Waals surface area contributed by atoms with Crippen LogP contribution in [0.1, 0.15) is 21.6 Å². The number of nitrogens with zero attached hydrogens (tertiary/aromatic N) is 1. The quantitative estimate of drug-likeness (QED) is 0.899. The van der Waals surface area contributed by atoms with Crippen molar-refractivity contribution in [3.63, 3.8) is 0 Å². The predicted octanol–water partition coefficient (Wildman–Crippen LogP) is 1.60. The normalized spacial score (nSPS) is 11.2. The number of hydrogen-bond donors (Lipinski definition) is 2. The van der Waals surface area contributed by atoms with E-state index in [-0.39, 0.29) is 10.8 Å². The molecule has 2 aromatic rings. The number of rotatable bonds is 3. The van der Waals surface area contributed by atoms with Crippen LogP contribution in [0.15, 0.2) is 41.4 Å². The lowest BCUT2D eigenvalue weighted by Gasteiger charge is -2.11. The summed E-state index contributed by atoms with van der Waals surface area (Å²) in [6.07, 6.45) is 1.54. The van der Waals surface area contributed by atoms with Gasteiger partial charge in [0.1, 0.15) is 0 Å². The van der Waals surface area contributed by atoms with Crippen LogP contribution in [0.3, 0.4) is 0 Å². The van der Waals surface area contributed by atoms with Gasteiger partial charge in [-0.2, -0.15) is 0 Å². The van der Waals surface area contributed by atoms with Gasteiger partial charge in [-0.25, -0.2) is 13.6 Å². The topological polar surface area (TPSA) is 102 Å². The molecule has 0 saturated carbocycles. The molecule has 0 aliphatic carbocycles. The number of carbonyl (C=O) groups is 1. The number of sulfonamides is 1. The number of nitrogens with two attached hydrogens (primary N) is 1. The molecule has 1 heterocycles. The summed E-state index contributed by atoms with van der Waals surface area (Å²) in [5, 5.41) is 7.82. The lowest BCUT2D eigenvalue weighted by molar-refractivity contribution is 0.102. The fraction of sp³-hybridized carbons (Fsp3) is 0.143. The second kappa shape index (κ2) is 5.63. The summed E-state index contributed by atoms with van der Waals surface area (Å²) >= 11 is 0. The summed E-state index contributed by atoms with van der Waals surface area (Å²) in [7, 11) is -3.82. The van der Waals surface area contributed by atoms with E-state index in [1.165, 1.54) is 18.3 Å². The number of benzene rings is 1. The van der Waals surface area contributed by atoms with E-state index >= 15 is 0 Å². The Hall–Kier alpha value is -2.25. The number of aromatic nitrogens is 1. The molecule has 7 heteroatoms. The highest BCUT2D eigenvalue weighted by Crippen LogP contribution is 2.22. The first-order chi connectivity index (χ1) is 9.79. The van der Waals surface area contributed by atoms with Gasteiger partial charge < -0.3 is 5.32 Å². The zero-order valence-corrected chi connectivity index (χ0v) is 12.4. The maximum Gasteiger partial charge on any atom is 0.255 e. The summed E-state index contributed by atoms with van der Waals surface area (Å²) < 4.78 is 22.9. The Morgan fingerprint density at radius 2 is 1.95 bits per heavy atom. The van der Waals surface area contributed by atoms with Gasteiger partial charge >= 0.3 is 0 Å². The molecule has 0 saturated heterocycles. The molecule has 0 bridgehead atoms. The van der Waals surface area contributed by atoms with E-state index in [0.29, 0.717) is 16.8 Å². The van der Waals surface area contributed by atoms with Crippen molar-refractivity contribution in [1.29, 1.82) is 0 Å².